The molecule has 148 valence electrons. The van der Waals surface area contributed by atoms with Crippen LogP contribution in [-0.4, -0.2) is 99.0 Å². The molecule has 0 aliphatic carbocycles. The number of hydrogen-bond acceptors (Lipinski definition) is 6. The molecule has 1 aromatic carbocycles. The minimum Gasteiger partial charge on any atom is -0.369 e. The van der Waals surface area contributed by atoms with Crippen molar-refractivity contribution in [3.8, 4) is 0 Å². The van der Waals surface area contributed by atoms with E-state index in [1.165, 1.54) is 0 Å². The lowest BCUT2D eigenvalue weighted by atomic mass is 10.2. The number of hydrogen-bond donors (Lipinski definition) is 2. The molecule has 2 aliphatic rings. The summed E-state index contributed by atoms with van der Waals surface area (Å²) in [6.45, 7) is 8.17. The van der Waals surface area contributed by atoms with Crippen molar-refractivity contribution in [2.45, 2.75) is 0 Å². The van der Waals surface area contributed by atoms with E-state index in [0.717, 1.165) is 51.5 Å². The molecular formula is C19H30N6O2. The van der Waals surface area contributed by atoms with Crippen LogP contribution in [0.25, 0.3) is 0 Å². The molecule has 0 spiro atoms. The Labute approximate surface area is 160 Å². The summed E-state index contributed by atoms with van der Waals surface area (Å²) in [5, 5.41) is 2.72. The number of nitrogens with one attached hydrogen (secondary N) is 1. The number of rotatable bonds is 4. The third-order valence-electron chi connectivity index (χ3n) is 5.29. The molecule has 8 heteroatoms. The Morgan fingerprint density at radius 2 is 1.59 bits per heavy atom. The summed E-state index contributed by atoms with van der Waals surface area (Å²) in [5.74, 6) is -1.04. The van der Waals surface area contributed by atoms with Gasteiger partial charge in [-0.25, -0.2) is 0 Å². The molecule has 0 aromatic heterocycles. The van der Waals surface area contributed by atoms with Crippen LogP contribution in [0.15, 0.2) is 24.3 Å². The first-order chi connectivity index (χ1) is 13.1. The largest absolute Gasteiger partial charge is 0.369 e. The van der Waals surface area contributed by atoms with Crippen LogP contribution in [0, 0.1) is 0 Å². The van der Waals surface area contributed by atoms with Gasteiger partial charge in [-0.2, -0.15) is 0 Å². The average Bonchev–Trinajstić information content (AvgIpc) is 2.69. The van der Waals surface area contributed by atoms with E-state index in [1.54, 1.807) is 4.90 Å². The summed E-state index contributed by atoms with van der Waals surface area (Å²) in [4.78, 5) is 33.1. The van der Waals surface area contributed by atoms with Crippen LogP contribution in [0.3, 0.4) is 0 Å². The fraction of sp³-hybridized carbons (Fsp3) is 0.579. The second kappa shape index (κ2) is 9.16. The highest BCUT2D eigenvalue weighted by molar-refractivity contribution is 6.39. The van der Waals surface area contributed by atoms with Crippen LogP contribution in [0.2, 0.25) is 0 Å². The van der Waals surface area contributed by atoms with Crippen molar-refractivity contribution in [3.05, 3.63) is 24.3 Å². The van der Waals surface area contributed by atoms with Crippen LogP contribution >= 0.6 is 0 Å². The summed E-state index contributed by atoms with van der Waals surface area (Å²) >= 11 is 0. The molecule has 0 atom stereocenters. The summed E-state index contributed by atoms with van der Waals surface area (Å²) in [6.07, 6.45) is 0. The van der Waals surface area contributed by atoms with Gasteiger partial charge < -0.3 is 25.8 Å². The quantitative estimate of drug-likeness (QED) is 0.690. The first-order valence-electron chi connectivity index (χ1n) is 9.63. The van der Waals surface area contributed by atoms with Gasteiger partial charge >= 0.3 is 11.8 Å². The molecule has 2 saturated heterocycles. The monoisotopic (exact) mass is 374 g/mol. The van der Waals surface area contributed by atoms with Crippen LogP contribution in [0.4, 0.5) is 11.4 Å². The van der Waals surface area contributed by atoms with E-state index in [9.17, 15) is 9.59 Å². The molecule has 1 aromatic rings. The molecule has 2 amide bonds. The average molecular weight is 374 g/mol. The third-order valence-corrected chi connectivity index (χ3v) is 5.29. The van der Waals surface area contributed by atoms with E-state index >= 15 is 0 Å². The maximum absolute atomic E-state index is 12.4. The summed E-state index contributed by atoms with van der Waals surface area (Å²) in [6, 6.07) is 7.71. The predicted octanol–water partition coefficient (Wildman–Crippen LogP) is -0.520. The Morgan fingerprint density at radius 3 is 2.19 bits per heavy atom. The van der Waals surface area contributed by atoms with E-state index in [0.29, 0.717) is 25.3 Å². The lowest BCUT2D eigenvalue weighted by Gasteiger charge is -2.34. The number of likely N-dealkylation sites (N-methyl/N-ethyl adjacent to an activating group) is 1. The van der Waals surface area contributed by atoms with Crippen molar-refractivity contribution < 1.29 is 9.59 Å². The lowest BCUT2D eigenvalue weighted by Crippen LogP contribution is -2.52. The Balaban J connectivity index is 1.49. The standard InChI is InChI=1S/C19H30N6O2/c1-22-8-12-24(13-9-22)17-4-2-16(3-5-17)21-18(26)19(27)25-14-10-23(7-6-20)11-15-25/h2-5H,6-15,20H2,1H3,(H,21,26). The molecular weight excluding hydrogens is 344 g/mol. The molecule has 2 heterocycles. The van der Waals surface area contributed by atoms with E-state index in [-0.39, 0.29) is 0 Å². The predicted molar refractivity (Wildman–Crippen MR) is 107 cm³/mol. The number of nitrogens with zero attached hydrogens (tertiary/aromatic N) is 4. The number of amides is 2. The smallest absolute Gasteiger partial charge is 0.313 e. The normalized spacial score (nSPS) is 19.2. The number of benzene rings is 1. The maximum atomic E-state index is 12.4. The SMILES string of the molecule is CN1CCN(c2ccc(NC(=O)C(=O)N3CCN(CCN)CC3)cc2)CC1. The number of carbonyl (C=O) groups is 2. The second-order valence-corrected chi connectivity index (χ2v) is 7.21. The van der Waals surface area contributed by atoms with Crippen LogP contribution in [0.5, 0.6) is 0 Å². The van der Waals surface area contributed by atoms with Gasteiger partial charge in [0.15, 0.2) is 0 Å². The van der Waals surface area contributed by atoms with Gasteiger partial charge in [0.25, 0.3) is 0 Å². The minimum atomic E-state index is -0.574. The van der Waals surface area contributed by atoms with Crippen molar-refractivity contribution in [2.24, 2.45) is 5.73 Å². The number of carbonyl (C=O) groups excluding carboxylic acids is 2. The minimum absolute atomic E-state index is 0.467. The molecule has 0 bridgehead atoms. The fourth-order valence-electron chi connectivity index (χ4n) is 3.51. The molecule has 2 fully saturated rings. The Kier molecular flexibility index (Phi) is 6.65. The zero-order valence-electron chi connectivity index (χ0n) is 16.1. The molecule has 0 saturated carbocycles. The summed E-state index contributed by atoms with van der Waals surface area (Å²) in [7, 11) is 2.13. The van der Waals surface area contributed by atoms with Gasteiger partial charge in [0.05, 0.1) is 0 Å². The zero-order valence-corrected chi connectivity index (χ0v) is 16.1. The lowest BCUT2D eigenvalue weighted by molar-refractivity contribution is -0.144. The fourth-order valence-corrected chi connectivity index (χ4v) is 3.51. The van der Waals surface area contributed by atoms with Gasteiger partial charge in [-0.3, -0.25) is 14.5 Å². The first kappa shape index (κ1) is 19.6. The zero-order chi connectivity index (χ0) is 19.2. The molecule has 0 unspecified atom stereocenters. The summed E-state index contributed by atoms with van der Waals surface area (Å²) < 4.78 is 0. The first-order valence-corrected chi connectivity index (χ1v) is 9.63. The highest BCUT2D eigenvalue weighted by Crippen LogP contribution is 2.19. The van der Waals surface area contributed by atoms with Crippen LogP contribution in [-0.2, 0) is 9.59 Å². The van der Waals surface area contributed by atoms with Gasteiger partial charge in [-0.15, -0.1) is 0 Å². The van der Waals surface area contributed by atoms with E-state index in [4.69, 9.17) is 5.73 Å². The number of piperazine rings is 2. The van der Waals surface area contributed by atoms with Crippen molar-refractivity contribution in [3.63, 3.8) is 0 Å². The highest BCUT2D eigenvalue weighted by Gasteiger charge is 2.25. The van der Waals surface area contributed by atoms with E-state index in [1.807, 2.05) is 24.3 Å². The highest BCUT2D eigenvalue weighted by atomic mass is 16.2. The van der Waals surface area contributed by atoms with Crippen LogP contribution < -0.4 is 16.0 Å². The van der Waals surface area contributed by atoms with Gasteiger partial charge in [0, 0.05) is 76.8 Å². The van der Waals surface area contributed by atoms with Gasteiger partial charge in [-0.1, -0.05) is 0 Å². The van der Waals surface area contributed by atoms with Crippen LogP contribution in [0.1, 0.15) is 0 Å². The summed E-state index contributed by atoms with van der Waals surface area (Å²) in [5.41, 5.74) is 7.35. The Morgan fingerprint density at radius 1 is 0.963 bits per heavy atom. The number of anilines is 2. The van der Waals surface area contributed by atoms with Crippen molar-refractivity contribution in [1.82, 2.24) is 14.7 Å². The van der Waals surface area contributed by atoms with E-state index < -0.39 is 11.8 Å². The van der Waals surface area contributed by atoms with Gasteiger partial charge in [-0.05, 0) is 31.3 Å². The van der Waals surface area contributed by atoms with Gasteiger partial charge in [0.2, 0.25) is 0 Å². The van der Waals surface area contributed by atoms with Gasteiger partial charge in [0.1, 0.15) is 0 Å². The van der Waals surface area contributed by atoms with Crippen molar-refractivity contribution >= 4 is 23.2 Å². The number of nitrogens with two attached hydrogens (primary N) is 1. The van der Waals surface area contributed by atoms with Crippen molar-refractivity contribution in [1.29, 1.82) is 0 Å². The van der Waals surface area contributed by atoms with Crippen molar-refractivity contribution in [2.75, 3.05) is 82.7 Å². The molecule has 2 aliphatic heterocycles. The van der Waals surface area contributed by atoms with E-state index in [2.05, 4.69) is 27.1 Å². The molecule has 8 nitrogen and oxygen atoms in total. The second-order valence-electron chi connectivity index (χ2n) is 7.21. The third kappa shape index (κ3) is 5.18. The molecule has 0 radical (unpaired) electrons. The topological polar surface area (TPSA) is 85.2 Å². The Hall–Kier alpha value is -2.16. The maximum Gasteiger partial charge on any atom is 0.313 e. The molecule has 3 N–H and O–H groups in total. The Bertz CT molecular complexity index is 634. The molecule has 3 rings (SSSR count). The molecule has 27 heavy (non-hydrogen) atoms.